The lowest BCUT2D eigenvalue weighted by atomic mass is 9.56. The molecule has 4 fully saturated rings. The zero-order valence-corrected chi connectivity index (χ0v) is 18.7. The molecule has 0 radical (unpaired) electrons. The minimum atomic E-state index is -3.65. The van der Waals surface area contributed by atoms with Gasteiger partial charge in [-0.1, -0.05) is 0 Å². The molecule has 3 aliphatic heterocycles. The molecule has 1 aliphatic carbocycles. The van der Waals surface area contributed by atoms with Gasteiger partial charge in [-0.05, 0) is 61.8 Å². The van der Waals surface area contributed by atoms with Gasteiger partial charge in [0.2, 0.25) is 10.0 Å². The Hall–Kier alpha value is -1.23. The fourth-order valence-corrected chi connectivity index (χ4v) is 7.75. The zero-order valence-electron chi connectivity index (χ0n) is 17.9. The van der Waals surface area contributed by atoms with Crippen LogP contribution in [0.3, 0.4) is 0 Å². The Morgan fingerprint density at radius 3 is 2.68 bits per heavy atom. The van der Waals surface area contributed by atoms with Crippen molar-refractivity contribution in [2.75, 3.05) is 40.0 Å². The van der Waals surface area contributed by atoms with Gasteiger partial charge in [0.1, 0.15) is 5.75 Å². The first-order valence-corrected chi connectivity index (χ1v) is 12.6. The number of aliphatic hydroxyl groups is 1. The Balaban J connectivity index is 1.43. The summed E-state index contributed by atoms with van der Waals surface area (Å²) in [5.74, 6) is 1.18. The second-order valence-corrected chi connectivity index (χ2v) is 11.4. The number of nitrogens with zero attached hydrogens (tertiary/aromatic N) is 1. The highest BCUT2D eigenvalue weighted by Crippen LogP contribution is 2.52. The van der Waals surface area contributed by atoms with Crippen LogP contribution < -0.4 is 10.1 Å². The van der Waals surface area contributed by atoms with Crippen LogP contribution in [0, 0.1) is 17.3 Å². The molecule has 5 atom stereocenters. The maximum Gasteiger partial charge on any atom is 0.243 e. The highest BCUT2D eigenvalue weighted by atomic mass is 32.2. The van der Waals surface area contributed by atoms with Crippen LogP contribution in [0.25, 0.3) is 0 Å². The van der Waals surface area contributed by atoms with Crippen molar-refractivity contribution in [3.05, 3.63) is 24.3 Å². The molecule has 9 heteroatoms. The maximum atomic E-state index is 13.6. The summed E-state index contributed by atoms with van der Waals surface area (Å²) in [5.41, 5.74) is -0.186. The number of benzene rings is 1. The van der Waals surface area contributed by atoms with Crippen molar-refractivity contribution in [1.82, 2.24) is 9.62 Å². The molecular formula is C22H32N2O6S. The van der Waals surface area contributed by atoms with Crippen LogP contribution in [0.1, 0.15) is 25.7 Å². The monoisotopic (exact) mass is 452 g/mol. The quantitative estimate of drug-likeness (QED) is 0.669. The van der Waals surface area contributed by atoms with E-state index in [1.54, 1.807) is 35.7 Å². The van der Waals surface area contributed by atoms with E-state index in [1.165, 1.54) is 0 Å². The van der Waals surface area contributed by atoms with Gasteiger partial charge < -0.3 is 24.6 Å². The molecule has 0 aromatic heterocycles. The van der Waals surface area contributed by atoms with Crippen molar-refractivity contribution >= 4 is 10.0 Å². The second kappa shape index (κ2) is 8.28. The average molecular weight is 453 g/mol. The van der Waals surface area contributed by atoms with Crippen molar-refractivity contribution in [3.63, 3.8) is 0 Å². The largest absolute Gasteiger partial charge is 0.497 e. The molecule has 1 saturated carbocycles. The summed E-state index contributed by atoms with van der Waals surface area (Å²) in [6.07, 6.45) is 2.50. The SMILES string of the molecule is COc1ccc(S(=O)(=O)N2CC3C[C@H](O)C4CC3C(CCC3OCCO3)(CN4)C2)cc1. The molecule has 31 heavy (non-hydrogen) atoms. The third kappa shape index (κ3) is 3.89. The molecule has 0 spiro atoms. The maximum absolute atomic E-state index is 13.6. The second-order valence-electron chi connectivity index (χ2n) is 9.44. The van der Waals surface area contributed by atoms with Crippen molar-refractivity contribution < 1.29 is 27.7 Å². The number of methoxy groups -OCH3 is 1. The number of aliphatic hydroxyl groups excluding tert-OH is 1. The molecule has 0 amide bonds. The molecule has 2 N–H and O–H groups in total. The Morgan fingerprint density at radius 1 is 1.23 bits per heavy atom. The van der Waals surface area contributed by atoms with E-state index in [-0.39, 0.29) is 28.6 Å². The first-order chi connectivity index (χ1) is 14.9. The van der Waals surface area contributed by atoms with Gasteiger partial charge in [-0.25, -0.2) is 8.42 Å². The summed E-state index contributed by atoms with van der Waals surface area (Å²) in [7, 11) is -2.09. The predicted molar refractivity (Wildman–Crippen MR) is 113 cm³/mol. The lowest BCUT2D eigenvalue weighted by Crippen LogP contribution is -2.68. The molecule has 3 saturated heterocycles. The first kappa shape index (κ1) is 21.6. The minimum absolute atomic E-state index is 0.109. The highest BCUT2D eigenvalue weighted by molar-refractivity contribution is 7.89. The van der Waals surface area contributed by atoms with Gasteiger partial charge in [-0.15, -0.1) is 0 Å². The van der Waals surface area contributed by atoms with E-state index < -0.39 is 16.1 Å². The smallest absolute Gasteiger partial charge is 0.243 e. The molecule has 2 bridgehead atoms. The van der Waals surface area contributed by atoms with E-state index in [4.69, 9.17) is 14.2 Å². The van der Waals surface area contributed by atoms with Crippen LogP contribution in [0.4, 0.5) is 0 Å². The van der Waals surface area contributed by atoms with Crippen LogP contribution in [0.15, 0.2) is 29.2 Å². The number of rotatable bonds is 6. The summed E-state index contributed by atoms with van der Waals surface area (Å²) in [5, 5.41) is 14.1. The number of nitrogens with one attached hydrogen (secondary N) is 1. The number of ether oxygens (including phenoxy) is 3. The number of hydrogen-bond donors (Lipinski definition) is 2. The third-order valence-electron chi connectivity index (χ3n) is 7.78. The Morgan fingerprint density at radius 2 is 1.97 bits per heavy atom. The summed E-state index contributed by atoms with van der Waals surface area (Å²) in [6.45, 7) is 2.88. The standard InChI is InChI=1S/C22H32N2O6S/c1-28-16-2-4-17(5-3-16)31(26,27)24-12-15-10-20(25)19-11-18(15)22(14-24,13-23-19)7-6-21-29-8-9-30-21/h2-5,15,18-21,23,25H,6-14H2,1H3/t15?,18?,19?,20-,22?/m0/s1. The lowest BCUT2D eigenvalue weighted by molar-refractivity contribution is -0.110. The highest BCUT2D eigenvalue weighted by Gasteiger charge is 2.56. The molecular weight excluding hydrogens is 420 g/mol. The normalized spacial score (nSPS) is 36.5. The van der Waals surface area contributed by atoms with E-state index in [2.05, 4.69) is 5.32 Å². The number of sulfonamides is 1. The van der Waals surface area contributed by atoms with Gasteiger partial charge >= 0.3 is 0 Å². The summed E-state index contributed by atoms with van der Waals surface area (Å²) in [4.78, 5) is 0.280. The summed E-state index contributed by atoms with van der Waals surface area (Å²) < 4.78 is 45.3. The first-order valence-electron chi connectivity index (χ1n) is 11.2. The van der Waals surface area contributed by atoms with Crippen LogP contribution in [0.5, 0.6) is 5.75 Å². The van der Waals surface area contributed by atoms with E-state index in [9.17, 15) is 13.5 Å². The van der Waals surface area contributed by atoms with Crippen molar-refractivity contribution in [3.8, 4) is 5.75 Å². The van der Waals surface area contributed by atoms with Crippen molar-refractivity contribution in [2.45, 2.75) is 49.0 Å². The molecule has 5 rings (SSSR count). The number of hydrogen-bond acceptors (Lipinski definition) is 7. The van der Waals surface area contributed by atoms with Gasteiger partial charge in [0.25, 0.3) is 0 Å². The van der Waals surface area contributed by atoms with Crippen molar-refractivity contribution in [2.24, 2.45) is 17.3 Å². The molecule has 4 unspecified atom stereocenters. The molecule has 172 valence electrons. The van der Waals surface area contributed by atoms with E-state index in [1.807, 2.05) is 0 Å². The van der Waals surface area contributed by atoms with Crippen LogP contribution >= 0.6 is 0 Å². The third-order valence-corrected chi connectivity index (χ3v) is 9.61. The molecule has 4 aliphatic rings. The van der Waals surface area contributed by atoms with Crippen LogP contribution in [0.2, 0.25) is 0 Å². The van der Waals surface area contributed by atoms with E-state index in [0.717, 1.165) is 19.3 Å². The lowest BCUT2D eigenvalue weighted by Gasteiger charge is -2.59. The summed E-state index contributed by atoms with van der Waals surface area (Å²) in [6, 6.07) is 6.69. The van der Waals surface area contributed by atoms with Gasteiger partial charge in [0, 0.05) is 31.1 Å². The predicted octanol–water partition coefficient (Wildman–Crippen LogP) is 1.20. The summed E-state index contributed by atoms with van der Waals surface area (Å²) >= 11 is 0. The molecule has 1 aromatic rings. The van der Waals surface area contributed by atoms with Gasteiger partial charge in [0.15, 0.2) is 6.29 Å². The average Bonchev–Trinajstić information content (AvgIpc) is 3.31. The molecule has 3 heterocycles. The van der Waals surface area contributed by atoms with E-state index in [0.29, 0.717) is 50.9 Å². The van der Waals surface area contributed by atoms with Crippen LogP contribution in [-0.2, 0) is 19.5 Å². The van der Waals surface area contributed by atoms with Gasteiger partial charge in [-0.2, -0.15) is 4.31 Å². The minimum Gasteiger partial charge on any atom is -0.497 e. The Labute approximate surface area is 183 Å². The number of fused-ring (bicyclic) bond motifs is 1. The fourth-order valence-electron chi connectivity index (χ4n) is 6.16. The van der Waals surface area contributed by atoms with Gasteiger partial charge in [0.05, 0.1) is 31.3 Å². The topological polar surface area (TPSA) is 97.3 Å². The van der Waals surface area contributed by atoms with Crippen molar-refractivity contribution in [1.29, 1.82) is 0 Å². The fraction of sp³-hybridized carbons (Fsp3) is 0.727. The zero-order chi connectivity index (χ0) is 21.6. The van der Waals surface area contributed by atoms with E-state index >= 15 is 0 Å². The number of piperidine rings is 2. The van der Waals surface area contributed by atoms with Crippen LogP contribution in [-0.4, -0.2) is 76.2 Å². The Kier molecular flexibility index (Phi) is 5.77. The molecule has 1 aromatic carbocycles. The van der Waals surface area contributed by atoms with Gasteiger partial charge in [-0.3, -0.25) is 0 Å². The molecule has 8 nitrogen and oxygen atoms in total. The Bertz CT molecular complexity index is 888.